The molecule has 1 heterocycles. The second-order valence-corrected chi connectivity index (χ2v) is 5.51. The molecular weight excluding hydrogens is 244 g/mol. The van der Waals surface area contributed by atoms with Gasteiger partial charge in [0.05, 0.1) is 4.99 Å². The van der Waals surface area contributed by atoms with Gasteiger partial charge in [0.1, 0.15) is 0 Å². The number of likely N-dealkylation sites (tertiary alicyclic amines) is 1. The molecule has 1 rings (SSSR count). The van der Waals surface area contributed by atoms with Crippen molar-refractivity contribution in [2.75, 3.05) is 19.6 Å². The molecule has 1 aliphatic rings. The van der Waals surface area contributed by atoms with E-state index in [4.69, 9.17) is 12.2 Å². The second kappa shape index (κ2) is 7.19. The summed E-state index contributed by atoms with van der Waals surface area (Å²) in [5.41, 5.74) is 0. The molecule has 0 aromatic carbocycles. The Bertz CT molecular complexity index is 302. The van der Waals surface area contributed by atoms with Gasteiger partial charge in [-0.3, -0.25) is 4.79 Å². The van der Waals surface area contributed by atoms with E-state index in [1.165, 1.54) is 0 Å². The average molecular weight is 270 g/mol. The molecule has 1 aliphatic heterocycles. The molecule has 2 unspecified atom stereocenters. The first-order valence-electron chi connectivity index (χ1n) is 7.11. The topological polar surface area (TPSA) is 23.6 Å². The van der Waals surface area contributed by atoms with E-state index in [0.29, 0.717) is 12.0 Å². The summed E-state index contributed by atoms with van der Waals surface area (Å²) in [6, 6.07) is 0.334. The average Bonchev–Trinajstić information content (AvgIpc) is 2.63. The SMILES string of the molecule is CCCC1CC(CN(CC)CC)C(=S)N1C(C)=O. The Kier molecular flexibility index (Phi) is 6.22. The minimum Gasteiger partial charge on any atom is -0.303 e. The smallest absolute Gasteiger partial charge is 0.224 e. The maximum Gasteiger partial charge on any atom is 0.224 e. The lowest BCUT2D eigenvalue weighted by atomic mass is 10.0. The van der Waals surface area contributed by atoms with Gasteiger partial charge in [-0.2, -0.15) is 0 Å². The molecule has 0 N–H and O–H groups in total. The van der Waals surface area contributed by atoms with Crippen LogP contribution in [0.2, 0.25) is 0 Å². The molecule has 0 bridgehead atoms. The lowest BCUT2D eigenvalue weighted by molar-refractivity contribution is -0.126. The molecule has 1 amide bonds. The van der Waals surface area contributed by atoms with Gasteiger partial charge in [0, 0.05) is 25.4 Å². The fraction of sp³-hybridized carbons (Fsp3) is 0.857. The van der Waals surface area contributed by atoms with Gasteiger partial charge in [-0.25, -0.2) is 0 Å². The molecule has 18 heavy (non-hydrogen) atoms. The summed E-state index contributed by atoms with van der Waals surface area (Å²) in [4.78, 5) is 16.9. The van der Waals surface area contributed by atoms with Crippen LogP contribution in [0.1, 0.15) is 47.0 Å². The van der Waals surface area contributed by atoms with Gasteiger partial charge in [-0.05, 0) is 25.9 Å². The van der Waals surface area contributed by atoms with E-state index in [1.807, 2.05) is 4.90 Å². The molecule has 0 aliphatic carbocycles. The van der Waals surface area contributed by atoms with Crippen molar-refractivity contribution >= 4 is 23.1 Å². The van der Waals surface area contributed by atoms with Crippen LogP contribution >= 0.6 is 12.2 Å². The van der Waals surface area contributed by atoms with E-state index in [1.54, 1.807) is 6.92 Å². The van der Waals surface area contributed by atoms with Crippen LogP contribution in [0.25, 0.3) is 0 Å². The normalized spacial score (nSPS) is 24.1. The van der Waals surface area contributed by atoms with Crippen LogP contribution in [0.15, 0.2) is 0 Å². The van der Waals surface area contributed by atoms with Crippen LogP contribution < -0.4 is 0 Å². The van der Waals surface area contributed by atoms with E-state index in [9.17, 15) is 4.79 Å². The maximum atomic E-state index is 11.7. The molecule has 0 radical (unpaired) electrons. The summed E-state index contributed by atoms with van der Waals surface area (Å²) < 4.78 is 0. The molecule has 1 saturated heterocycles. The summed E-state index contributed by atoms with van der Waals surface area (Å²) in [7, 11) is 0. The van der Waals surface area contributed by atoms with Crippen LogP contribution in [-0.2, 0) is 4.79 Å². The maximum absolute atomic E-state index is 11.7. The van der Waals surface area contributed by atoms with Crippen molar-refractivity contribution in [3.8, 4) is 0 Å². The van der Waals surface area contributed by atoms with Crippen LogP contribution in [0.3, 0.4) is 0 Å². The number of carbonyl (C=O) groups is 1. The molecule has 0 saturated carbocycles. The number of hydrogen-bond acceptors (Lipinski definition) is 3. The zero-order chi connectivity index (χ0) is 13.7. The Morgan fingerprint density at radius 1 is 1.39 bits per heavy atom. The minimum absolute atomic E-state index is 0.112. The summed E-state index contributed by atoms with van der Waals surface area (Å²) in [5, 5.41) is 0. The van der Waals surface area contributed by atoms with E-state index < -0.39 is 0 Å². The first-order chi connectivity index (χ1) is 8.54. The van der Waals surface area contributed by atoms with Gasteiger partial charge < -0.3 is 9.80 Å². The highest BCUT2D eigenvalue weighted by molar-refractivity contribution is 7.80. The van der Waals surface area contributed by atoms with Crippen molar-refractivity contribution in [3.05, 3.63) is 0 Å². The molecule has 0 spiro atoms. The van der Waals surface area contributed by atoms with Gasteiger partial charge in [0.2, 0.25) is 5.91 Å². The van der Waals surface area contributed by atoms with Crippen molar-refractivity contribution in [3.63, 3.8) is 0 Å². The van der Waals surface area contributed by atoms with Crippen LogP contribution in [0.5, 0.6) is 0 Å². The molecular formula is C14H26N2OS. The number of rotatable bonds is 6. The lowest BCUT2D eigenvalue weighted by Gasteiger charge is -2.24. The molecule has 4 heteroatoms. The van der Waals surface area contributed by atoms with Gasteiger partial charge in [-0.1, -0.05) is 39.4 Å². The molecule has 3 nitrogen and oxygen atoms in total. The predicted molar refractivity (Wildman–Crippen MR) is 79.7 cm³/mol. The Morgan fingerprint density at radius 3 is 2.44 bits per heavy atom. The van der Waals surface area contributed by atoms with Gasteiger partial charge in [0.25, 0.3) is 0 Å². The fourth-order valence-electron chi connectivity index (χ4n) is 2.85. The number of hydrogen-bond donors (Lipinski definition) is 0. The standard InChI is InChI=1S/C14H26N2OS/c1-5-8-13-9-12(10-15(6-2)7-3)14(18)16(13)11(4)17/h12-13H,5-10H2,1-4H3. The number of amides is 1. The summed E-state index contributed by atoms with van der Waals surface area (Å²) in [5.74, 6) is 0.487. The zero-order valence-corrected chi connectivity index (χ0v) is 12.9. The first-order valence-corrected chi connectivity index (χ1v) is 7.51. The third-order valence-corrected chi connectivity index (χ3v) is 4.37. The molecule has 1 fully saturated rings. The monoisotopic (exact) mass is 270 g/mol. The Balaban J connectivity index is 2.72. The van der Waals surface area contributed by atoms with E-state index in [2.05, 4.69) is 25.7 Å². The minimum atomic E-state index is 0.112. The van der Waals surface area contributed by atoms with Crippen molar-refractivity contribution in [2.45, 2.75) is 53.0 Å². The molecule has 0 aromatic heterocycles. The van der Waals surface area contributed by atoms with Crippen LogP contribution in [0, 0.1) is 5.92 Å². The first kappa shape index (κ1) is 15.6. The van der Waals surface area contributed by atoms with Crippen molar-refractivity contribution in [1.82, 2.24) is 9.80 Å². The number of carbonyl (C=O) groups excluding carboxylic acids is 1. The van der Waals surface area contributed by atoms with Crippen molar-refractivity contribution in [1.29, 1.82) is 0 Å². The highest BCUT2D eigenvalue weighted by atomic mass is 32.1. The Morgan fingerprint density at radius 2 is 2.00 bits per heavy atom. The zero-order valence-electron chi connectivity index (χ0n) is 12.1. The predicted octanol–water partition coefficient (Wildman–Crippen LogP) is 2.69. The van der Waals surface area contributed by atoms with Crippen molar-refractivity contribution in [2.24, 2.45) is 5.92 Å². The molecule has 104 valence electrons. The highest BCUT2D eigenvalue weighted by Gasteiger charge is 2.38. The van der Waals surface area contributed by atoms with Crippen LogP contribution in [0.4, 0.5) is 0 Å². The Hall–Kier alpha value is -0.480. The lowest BCUT2D eigenvalue weighted by Crippen LogP contribution is -2.38. The van der Waals surface area contributed by atoms with E-state index in [-0.39, 0.29) is 5.91 Å². The van der Waals surface area contributed by atoms with Gasteiger partial charge in [-0.15, -0.1) is 0 Å². The molecule has 0 aromatic rings. The van der Waals surface area contributed by atoms with Crippen molar-refractivity contribution < 1.29 is 4.79 Å². The Labute approximate surface area is 117 Å². The van der Waals surface area contributed by atoms with Gasteiger partial charge in [0.15, 0.2) is 0 Å². The summed E-state index contributed by atoms with van der Waals surface area (Å²) in [6.07, 6.45) is 3.21. The summed E-state index contributed by atoms with van der Waals surface area (Å²) >= 11 is 5.52. The quantitative estimate of drug-likeness (QED) is 0.693. The third kappa shape index (κ3) is 3.51. The van der Waals surface area contributed by atoms with Gasteiger partial charge >= 0.3 is 0 Å². The highest BCUT2D eigenvalue weighted by Crippen LogP contribution is 2.29. The third-order valence-electron chi connectivity index (χ3n) is 3.84. The van der Waals surface area contributed by atoms with Crippen LogP contribution in [-0.4, -0.2) is 46.4 Å². The molecule has 2 atom stereocenters. The second-order valence-electron chi connectivity index (χ2n) is 5.09. The van der Waals surface area contributed by atoms with E-state index in [0.717, 1.165) is 43.9 Å². The van der Waals surface area contributed by atoms with E-state index >= 15 is 0 Å². The number of nitrogens with zero attached hydrogens (tertiary/aromatic N) is 2. The fourth-order valence-corrected chi connectivity index (χ4v) is 3.30. The largest absolute Gasteiger partial charge is 0.303 e. The number of thiocarbonyl (C=S) groups is 1. The summed E-state index contributed by atoms with van der Waals surface area (Å²) in [6.45, 7) is 11.2.